The topological polar surface area (TPSA) is 146 Å². The van der Waals surface area contributed by atoms with Crippen LogP contribution in [0.15, 0.2) is 59.7 Å². The Hall–Kier alpha value is -4.29. The molecule has 2 aromatic heterocycles. The minimum absolute atomic E-state index is 0.0750. The molecule has 0 bridgehead atoms. The molecule has 4 N–H and O–H groups in total. The molecule has 11 nitrogen and oxygen atoms in total. The smallest absolute Gasteiger partial charge is 0.382 e. The zero-order chi connectivity index (χ0) is 32.4. The number of rotatable bonds is 11. The van der Waals surface area contributed by atoms with Crippen LogP contribution in [0, 0.1) is 0 Å². The lowest BCUT2D eigenvalue weighted by Crippen LogP contribution is -2.52. The molecule has 4 aromatic rings. The van der Waals surface area contributed by atoms with Gasteiger partial charge in [-0.25, -0.2) is 27.9 Å². The highest BCUT2D eigenvalue weighted by Gasteiger charge is 2.47. The van der Waals surface area contributed by atoms with Crippen LogP contribution in [0.1, 0.15) is 16.2 Å². The van der Waals surface area contributed by atoms with Crippen LogP contribution in [-0.4, -0.2) is 77.3 Å². The molecule has 236 valence electrons. The average Bonchev–Trinajstić information content (AvgIpc) is 3.56. The van der Waals surface area contributed by atoms with Gasteiger partial charge in [-0.15, -0.1) is 10.2 Å². The lowest BCUT2D eigenvalue weighted by Gasteiger charge is -2.23. The van der Waals surface area contributed by atoms with Crippen LogP contribution in [0.2, 0.25) is 5.02 Å². The first kappa shape index (κ1) is 32.6. The number of benzene rings is 2. The number of aliphatic hydroxyl groups is 1. The first-order valence-corrected chi connectivity index (χ1v) is 12.9. The molecule has 0 spiro atoms. The van der Waals surface area contributed by atoms with E-state index in [1.165, 1.54) is 48.5 Å². The van der Waals surface area contributed by atoms with E-state index in [9.17, 15) is 45.4 Å². The van der Waals surface area contributed by atoms with Crippen molar-refractivity contribution in [1.82, 2.24) is 34.4 Å². The summed E-state index contributed by atoms with van der Waals surface area (Å²) in [6, 6.07) is 8.95. The predicted octanol–water partition coefficient (Wildman–Crippen LogP) is 2.87. The van der Waals surface area contributed by atoms with E-state index in [1.807, 2.05) is 0 Å². The van der Waals surface area contributed by atoms with Gasteiger partial charge in [0.15, 0.2) is 17.8 Å². The number of nitrogens with zero attached hydrogens (tertiary/aromatic N) is 6. The fraction of sp³-hybridized carbons (Fsp3) is 0.320. The van der Waals surface area contributed by atoms with E-state index in [4.69, 9.17) is 17.3 Å². The molecule has 2 atom stereocenters. The van der Waals surface area contributed by atoms with E-state index in [0.29, 0.717) is 9.59 Å². The Balaban J connectivity index is 1.60. The molecule has 0 aliphatic rings. The molecular formula is C25H22ClF7N8O3. The molecule has 44 heavy (non-hydrogen) atoms. The number of nitrogens with two attached hydrogens (primary N) is 1. The molecule has 0 fully saturated rings. The summed E-state index contributed by atoms with van der Waals surface area (Å²) in [5.74, 6) is -5.77. The van der Waals surface area contributed by atoms with Gasteiger partial charge in [0.05, 0.1) is 23.8 Å². The second kappa shape index (κ2) is 12.7. The highest BCUT2D eigenvalue weighted by molar-refractivity contribution is 6.30. The summed E-state index contributed by atoms with van der Waals surface area (Å²) in [5.41, 5.74) is 4.30. The second-order valence-corrected chi connectivity index (χ2v) is 9.79. The maximum absolute atomic E-state index is 13.5. The Morgan fingerprint density at radius 2 is 1.70 bits per heavy atom. The number of halogens is 8. The van der Waals surface area contributed by atoms with E-state index in [1.54, 1.807) is 0 Å². The van der Waals surface area contributed by atoms with Gasteiger partial charge in [-0.05, 0) is 36.4 Å². The summed E-state index contributed by atoms with van der Waals surface area (Å²) in [4.78, 5) is 29.8. The molecule has 0 saturated carbocycles. The van der Waals surface area contributed by atoms with Gasteiger partial charge < -0.3 is 16.2 Å². The van der Waals surface area contributed by atoms with Gasteiger partial charge in [0.25, 0.3) is 5.91 Å². The number of nitrogens with one attached hydrogen (secondary N) is 1. The van der Waals surface area contributed by atoms with Crippen LogP contribution >= 0.6 is 11.6 Å². The number of carbonyl (C=O) groups is 1. The van der Waals surface area contributed by atoms with Gasteiger partial charge in [0, 0.05) is 17.1 Å². The number of hydrogen-bond donors (Lipinski definition) is 3. The van der Waals surface area contributed by atoms with Crippen molar-refractivity contribution in [3.63, 3.8) is 0 Å². The van der Waals surface area contributed by atoms with Crippen molar-refractivity contribution in [3.05, 3.63) is 81.8 Å². The Bertz CT molecular complexity index is 1670. The van der Waals surface area contributed by atoms with Crippen molar-refractivity contribution in [2.45, 2.75) is 43.8 Å². The first-order chi connectivity index (χ1) is 20.6. The monoisotopic (exact) mass is 650 g/mol. The molecular weight excluding hydrogens is 629 g/mol. The van der Waals surface area contributed by atoms with Crippen molar-refractivity contribution < 1.29 is 40.6 Å². The molecule has 4 rings (SSSR count). The fourth-order valence-corrected chi connectivity index (χ4v) is 4.00. The third-order valence-corrected chi connectivity index (χ3v) is 6.50. The molecule has 0 aliphatic heterocycles. The molecule has 2 heterocycles. The molecule has 0 aliphatic carbocycles. The SMILES string of the molecule is NC(CNC(=O)c1ccccc1-n1cnc(Cn2nc(-c3ccc(Cl)cc3)n(CC(O)C(F)(F)F)c2=O)n1)C(F)(F)C(F)F. The van der Waals surface area contributed by atoms with Gasteiger partial charge in [0.1, 0.15) is 12.9 Å². The maximum Gasteiger partial charge on any atom is 0.416 e. The number of hydrogen-bond acceptors (Lipinski definition) is 7. The van der Waals surface area contributed by atoms with Crippen molar-refractivity contribution in [1.29, 1.82) is 0 Å². The minimum atomic E-state index is -5.02. The van der Waals surface area contributed by atoms with Crippen LogP contribution in [0.4, 0.5) is 30.7 Å². The van der Waals surface area contributed by atoms with Crippen LogP contribution in [0.3, 0.4) is 0 Å². The summed E-state index contributed by atoms with van der Waals surface area (Å²) < 4.78 is 93.8. The van der Waals surface area contributed by atoms with Crippen molar-refractivity contribution in [2.75, 3.05) is 6.54 Å². The van der Waals surface area contributed by atoms with Crippen molar-refractivity contribution in [2.24, 2.45) is 5.73 Å². The third-order valence-electron chi connectivity index (χ3n) is 6.25. The lowest BCUT2D eigenvalue weighted by atomic mass is 10.1. The average molecular weight is 651 g/mol. The quantitative estimate of drug-likeness (QED) is 0.212. The molecule has 1 amide bonds. The van der Waals surface area contributed by atoms with E-state index < -0.39 is 61.9 Å². The van der Waals surface area contributed by atoms with Crippen molar-refractivity contribution in [3.8, 4) is 17.1 Å². The molecule has 0 saturated heterocycles. The molecule has 2 unspecified atom stereocenters. The Kier molecular flexibility index (Phi) is 9.45. The summed E-state index contributed by atoms with van der Waals surface area (Å²) in [5, 5.41) is 20.3. The zero-order valence-electron chi connectivity index (χ0n) is 22.1. The van der Waals surface area contributed by atoms with E-state index in [2.05, 4.69) is 20.5 Å². The lowest BCUT2D eigenvalue weighted by molar-refractivity contribution is -0.207. The number of para-hydroxylation sites is 1. The van der Waals surface area contributed by atoms with Crippen molar-refractivity contribution >= 4 is 17.5 Å². The summed E-state index contributed by atoms with van der Waals surface area (Å²) in [6.07, 6.45) is -10.8. The maximum atomic E-state index is 13.5. The fourth-order valence-electron chi connectivity index (χ4n) is 3.88. The van der Waals surface area contributed by atoms with Crippen LogP contribution in [0.5, 0.6) is 0 Å². The van der Waals surface area contributed by atoms with Crippen LogP contribution in [-0.2, 0) is 13.1 Å². The predicted molar refractivity (Wildman–Crippen MR) is 141 cm³/mol. The minimum Gasteiger partial charge on any atom is -0.382 e. The number of aromatic nitrogens is 6. The Morgan fingerprint density at radius 3 is 2.34 bits per heavy atom. The first-order valence-electron chi connectivity index (χ1n) is 12.5. The van der Waals surface area contributed by atoms with E-state index in [0.717, 1.165) is 15.7 Å². The highest BCUT2D eigenvalue weighted by Crippen LogP contribution is 2.26. The summed E-state index contributed by atoms with van der Waals surface area (Å²) >= 11 is 5.88. The Morgan fingerprint density at radius 1 is 1.05 bits per heavy atom. The van der Waals surface area contributed by atoms with Gasteiger partial charge in [0.2, 0.25) is 0 Å². The third kappa shape index (κ3) is 7.08. The zero-order valence-corrected chi connectivity index (χ0v) is 22.9. The van der Waals surface area contributed by atoms with Gasteiger partial charge in [-0.3, -0.25) is 9.36 Å². The van der Waals surface area contributed by atoms with Crippen LogP contribution < -0.4 is 16.7 Å². The second-order valence-electron chi connectivity index (χ2n) is 9.35. The van der Waals surface area contributed by atoms with E-state index >= 15 is 0 Å². The number of carbonyl (C=O) groups excluding carboxylic acids is 1. The van der Waals surface area contributed by atoms with E-state index in [-0.39, 0.29) is 28.5 Å². The van der Waals surface area contributed by atoms with Gasteiger partial charge in [-0.2, -0.15) is 22.0 Å². The molecule has 0 radical (unpaired) electrons. The summed E-state index contributed by atoms with van der Waals surface area (Å²) in [6.45, 7) is -2.58. The number of alkyl halides is 7. The van der Waals surface area contributed by atoms with Crippen LogP contribution in [0.25, 0.3) is 17.1 Å². The molecule has 2 aromatic carbocycles. The summed E-state index contributed by atoms with van der Waals surface area (Å²) in [7, 11) is 0. The largest absolute Gasteiger partial charge is 0.416 e. The highest BCUT2D eigenvalue weighted by atomic mass is 35.5. The normalized spacial score (nSPS) is 13.7. The molecule has 19 heteroatoms. The standard InChI is InChI=1S/C25H22ClF7N8O3/c26-14-7-5-13(6-8-14)20-38-40(23(44)39(20)10-18(42)25(31,32)33)11-19-36-12-41(37-19)16-4-2-1-3-15(16)21(43)35-9-17(34)24(29,30)22(27)28/h1-8,12,17-18,22,42H,9-11,34H2,(H,35,43). The van der Waals surface area contributed by atoms with Gasteiger partial charge >= 0.3 is 24.2 Å². The number of aliphatic hydroxyl groups excluding tert-OH is 1. The van der Waals surface area contributed by atoms with Gasteiger partial charge in [-0.1, -0.05) is 23.7 Å². The number of amides is 1. The Labute approximate surface area is 247 Å².